The van der Waals surface area contributed by atoms with Crippen LogP contribution in [0.5, 0.6) is 5.75 Å². The van der Waals surface area contributed by atoms with Crippen molar-refractivity contribution in [3.63, 3.8) is 0 Å². The predicted octanol–water partition coefficient (Wildman–Crippen LogP) is 4.56. The van der Waals surface area contributed by atoms with E-state index in [1.54, 1.807) is 52.3 Å². The molecule has 32 heavy (non-hydrogen) atoms. The van der Waals surface area contributed by atoms with Crippen molar-refractivity contribution in [3.05, 3.63) is 54.4 Å². The van der Waals surface area contributed by atoms with Crippen molar-refractivity contribution >= 4 is 28.3 Å². The summed E-state index contributed by atoms with van der Waals surface area (Å²) in [6.07, 6.45) is -2.59. The number of ether oxygens (including phenoxy) is 1. The molecule has 0 saturated carbocycles. The quantitative estimate of drug-likeness (QED) is 0.582. The fourth-order valence-electron chi connectivity index (χ4n) is 4.27. The molecule has 1 amide bonds. The van der Waals surface area contributed by atoms with Crippen LogP contribution in [0.1, 0.15) is 25.1 Å². The first-order valence-electron chi connectivity index (χ1n) is 10.6. The molecule has 0 spiro atoms. The van der Waals surface area contributed by atoms with Gasteiger partial charge >= 0.3 is 6.18 Å². The Kier molecular flexibility index (Phi) is 5.11. The van der Waals surface area contributed by atoms with E-state index in [0.717, 1.165) is 19.3 Å². The molecule has 1 saturated heterocycles. The SMILES string of the molecule is O=C([C@H]1CN(c2nc(C(F)(F)F)nc3ccccc23)c2ccccc2O1)N1CCCCC1. The molecular weight excluding hydrogens is 421 g/mol. The maximum absolute atomic E-state index is 13.6. The summed E-state index contributed by atoms with van der Waals surface area (Å²) < 4.78 is 46.7. The van der Waals surface area contributed by atoms with Gasteiger partial charge in [-0.1, -0.05) is 24.3 Å². The summed E-state index contributed by atoms with van der Waals surface area (Å²) in [4.78, 5) is 24.2. The molecule has 0 bridgehead atoms. The Balaban J connectivity index is 1.62. The second-order valence-electron chi connectivity index (χ2n) is 7.96. The number of benzene rings is 2. The molecule has 1 aromatic heterocycles. The lowest BCUT2D eigenvalue weighted by molar-refractivity contribution is -0.144. The highest BCUT2D eigenvalue weighted by Crippen LogP contribution is 2.41. The van der Waals surface area contributed by atoms with E-state index >= 15 is 0 Å². The van der Waals surface area contributed by atoms with Gasteiger partial charge in [0.05, 0.1) is 17.7 Å². The van der Waals surface area contributed by atoms with E-state index in [2.05, 4.69) is 9.97 Å². The smallest absolute Gasteiger partial charge is 0.451 e. The van der Waals surface area contributed by atoms with Gasteiger partial charge in [-0.05, 0) is 43.5 Å². The van der Waals surface area contributed by atoms with Gasteiger partial charge in [0.15, 0.2) is 6.10 Å². The molecule has 0 N–H and O–H groups in total. The molecule has 166 valence electrons. The molecule has 5 rings (SSSR count). The third-order valence-electron chi connectivity index (χ3n) is 5.81. The molecule has 2 aliphatic heterocycles. The van der Waals surface area contributed by atoms with Crippen molar-refractivity contribution in [2.24, 2.45) is 0 Å². The maximum atomic E-state index is 13.6. The monoisotopic (exact) mass is 442 g/mol. The number of nitrogens with zero attached hydrogens (tertiary/aromatic N) is 4. The highest BCUT2D eigenvalue weighted by atomic mass is 19.4. The Hall–Kier alpha value is -3.36. The number of amides is 1. The zero-order valence-electron chi connectivity index (χ0n) is 17.2. The van der Waals surface area contributed by atoms with Crippen molar-refractivity contribution < 1.29 is 22.7 Å². The summed E-state index contributed by atoms with van der Waals surface area (Å²) in [5, 5.41) is 0.473. The van der Waals surface area contributed by atoms with Crippen molar-refractivity contribution in [1.29, 1.82) is 0 Å². The van der Waals surface area contributed by atoms with Crippen LogP contribution in [0.4, 0.5) is 24.7 Å². The van der Waals surface area contributed by atoms with Crippen LogP contribution in [-0.4, -0.2) is 46.5 Å². The average Bonchev–Trinajstić information content (AvgIpc) is 2.82. The van der Waals surface area contributed by atoms with Crippen LogP contribution in [0.2, 0.25) is 0 Å². The van der Waals surface area contributed by atoms with Gasteiger partial charge in [0.25, 0.3) is 5.91 Å². The van der Waals surface area contributed by atoms with Crippen molar-refractivity contribution in [2.75, 3.05) is 24.5 Å². The molecule has 3 aromatic rings. The van der Waals surface area contributed by atoms with Gasteiger partial charge in [0.1, 0.15) is 11.6 Å². The van der Waals surface area contributed by atoms with Crippen LogP contribution in [0, 0.1) is 0 Å². The Morgan fingerprint density at radius 3 is 2.47 bits per heavy atom. The van der Waals surface area contributed by atoms with Gasteiger partial charge in [0.2, 0.25) is 5.82 Å². The van der Waals surface area contributed by atoms with Crippen LogP contribution in [0.15, 0.2) is 48.5 Å². The maximum Gasteiger partial charge on any atom is 0.451 e. The first-order chi connectivity index (χ1) is 15.4. The van der Waals surface area contributed by atoms with Crippen LogP contribution in [0.25, 0.3) is 10.9 Å². The number of aromatic nitrogens is 2. The molecule has 2 aliphatic rings. The summed E-state index contributed by atoms with van der Waals surface area (Å²) in [5.41, 5.74) is 0.750. The summed E-state index contributed by atoms with van der Waals surface area (Å²) >= 11 is 0. The van der Waals surface area contributed by atoms with E-state index in [0.29, 0.717) is 29.9 Å². The zero-order chi connectivity index (χ0) is 22.3. The number of fused-ring (bicyclic) bond motifs is 2. The summed E-state index contributed by atoms with van der Waals surface area (Å²) in [7, 11) is 0. The number of rotatable bonds is 2. The summed E-state index contributed by atoms with van der Waals surface area (Å²) in [5.74, 6) is -0.826. The van der Waals surface area contributed by atoms with E-state index in [1.807, 2.05) is 0 Å². The molecule has 0 radical (unpaired) electrons. The van der Waals surface area contributed by atoms with Crippen molar-refractivity contribution in [2.45, 2.75) is 31.5 Å². The normalized spacial score (nSPS) is 18.9. The Morgan fingerprint density at radius 1 is 0.969 bits per heavy atom. The molecule has 0 unspecified atom stereocenters. The molecule has 2 aromatic carbocycles. The molecule has 6 nitrogen and oxygen atoms in total. The van der Waals surface area contributed by atoms with E-state index in [4.69, 9.17) is 4.74 Å². The first-order valence-corrected chi connectivity index (χ1v) is 10.6. The predicted molar refractivity (Wildman–Crippen MR) is 113 cm³/mol. The molecule has 1 fully saturated rings. The minimum Gasteiger partial charge on any atom is -0.476 e. The molecule has 0 aliphatic carbocycles. The number of carbonyl (C=O) groups excluding carboxylic acids is 1. The third kappa shape index (κ3) is 3.72. The molecule has 9 heteroatoms. The standard InChI is InChI=1S/C23H21F3N4O2/c24-23(25,26)22-27-16-9-3-2-8-15(16)20(28-22)30-14-19(21(31)29-12-6-1-7-13-29)32-18-11-5-4-10-17(18)30/h2-5,8-11,19H,1,6-7,12-14H2/t19-/m1/s1. The van der Waals surface area contributed by atoms with E-state index in [1.165, 1.54) is 6.07 Å². The van der Waals surface area contributed by atoms with E-state index < -0.39 is 18.1 Å². The van der Waals surface area contributed by atoms with E-state index in [-0.39, 0.29) is 23.8 Å². The summed E-state index contributed by atoms with van der Waals surface area (Å²) in [6.45, 7) is 1.38. The Bertz CT molecular complexity index is 1160. The highest BCUT2D eigenvalue weighted by molar-refractivity contribution is 5.93. The van der Waals surface area contributed by atoms with Gasteiger partial charge in [-0.25, -0.2) is 9.97 Å². The minimum atomic E-state index is -4.70. The second kappa shape index (κ2) is 7.96. The van der Waals surface area contributed by atoms with Crippen LogP contribution >= 0.6 is 0 Å². The largest absolute Gasteiger partial charge is 0.476 e. The molecular formula is C23H21F3N4O2. The number of carbonyl (C=O) groups is 1. The van der Waals surface area contributed by atoms with Gasteiger partial charge in [-0.2, -0.15) is 13.2 Å². The number of alkyl halides is 3. The van der Waals surface area contributed by atoms with Gasteiger partial charge in [-0.3, -0.25) is 4.79 Å². The Morgan fingerprint density at radius 2 is 1.69 bits per heavy atom. The van der Waals surface area contributed by atoms with Gasteiger partial charge < -0.3 is 14.5 Å². The number of hydrogen-bond donors (Lipinski definition) is 0. The van der Waals surface area contributed by atoms with E-state index in [9.17, 15) is 18.0 Å². The lowest BCUT2D eigenvalue weighted by atomic mass is 10.1. The number of para-hydroxylation sites is 3. The fraction of sp³-hybridized carbons (Fsp3) is 0.348. The van der Waals surface area contributed by atoms with Crippen molar-refractivity contribution in [1.82, 2.24) is 14.9 Å². The minimum absolute atomic E-state index is 0.0602. The third-order valence-corrected chi connectivity index (χ3v) is 5.81. The molecule has 1 atom stereocenters. The number of hydrogen-bond acceptors (Lipinski definition) is 5. The average molecular weight is 442 g/mol. The molecule has 3 heterocycles. The van der Waals surface area contributed by atoms with Gasteiger partial charge in [-0.15, -0.1) is 0 Å². The lowest BCUT2D eigenvalue weighted by Crippen LogP contribution is -2.50. The lowest BCUT2D eigenvalue weighted by Gasteiger charge is -2.38. The number of halogens is 3. The second-order valence-corrected chi connectivity index (χ2v) is 7.96. The summed E-state index contributed by atoms with van der Waals surface area (Å²) in [6, 6.07) is 13.6. The fourth-order valence-corrected chi connectivity index (χ4v) is 4.27. The number of likely N-dealkylation sites (tertiary alicyclic amines) is 1. The highest BCUT2D eigenvalue weighted by Gasteiger charge is 2.39. The van der Waals surface area contributed by atoms with Crippen LogP contribution in [0.3, 0.4) is 0 Å². The van der Waals surface area contributed by atoms with Crippen molar-refractivity contribution in [3.8, 4) is 5.75 Å². The Labute approximate surface area is 182 Å². The number of anilines is 2. The van der Waals surface area contributed by atoms with Crippen LogP contribution < -0.4 is 9.64 Å². The van der Waals surface area contributed by atoms with Gasteiger partial charge in [0, 0.05) is 18.5 Å². The number of piperidine rings is 1. The zero-order valence-corrected chi connectivity index (χ0v) is 17.2. The first kappa shape index (κ1) is 20.5. The van der Waals surface area contributed by atoms with Crippen LogP contribution in [-0.2, 0) is 11.0 Å². The topological polar surface area (TPSA) is 58.6 Å².